The van der Waals surface area contributed by atoms with Gasteiger partial charge in [0, 0.05) is 11.6 Å². The molecule has 3 N–H and O–H groups in total. The van der Waals surface area contributed by atoms with E-state index in [0.717, 1.165) is 32.2 Å². The lowest BCUT2D eigenvalue weighted by Crippen LogP contribution is -2.55. The Bertz CT molecular complexity index is 302. The van der Waals surface area contributed by atoms with Crippen molar-refractivity contribution in [3.8, 4) is 0 Å². The largest absolute Gasteiger partial charge is 0.368 e. The molecule has 1 amide bonds. The summed E-state index contributed by atoms with van der Waals surface area (Å²) in [4.78, 5) is 14.0. The number of hydrogen-bond donors (Lipinski definition) is 2. The maximum atomic E-state index is 11.6. The van der Waals surface area contributed by atoms with Crippen LogP contribution >= 0.6 is 0 Å². The smallest absolute Gasteiger partial charge is 0.237 e. The van der Waals surface area contributed by atoms with Crippen molar-refractivity contribution >= 4 is 5.91 Å². The van der Waals surface area contributed by atoms with Gasteiger partial charge in [0.2, 0.25) is 5.91 Å². The molecule has 20 heavy (non-hydrogen) atoms. The number of nitrogens with zero attached hydrogens (tertiary/aromatic N) is 1. The van der Waals surface area contributed by atoms with Crippen molar-refractivity contribution in [2.24, 2.45) is 5.73 Å². The zero-order valence-electron chi connectivity index (χ0n) is 14.5. The average molecular weight is 285 g/mol. The monoisotopic (exact) mass is 285 g/mol. The van der Waals surface area contributed by atoms with Gasteiger partial charge in [-0.3, -0.25) is 4.79 Å². The van der Waals surface area contributed by atoms with Crippen LogP contribution in [0, 0.1) is 0 Å². The van der Waals surface area contributed by atoms with E-state index >= 15 is 0 Å². The van der Waals surface area contributed by atoms with Crippen LogP contribution in [0.15, 0.2) is 0 Å². The molecule has 0 aromatic heterocycles. The molecule has 4 nitrogen and oxygen atoms in total. The molecule has 0 bridgehead atoms. The zero-order chi connectivity index (χ0) is 16.0. The third-order valence-electron chi connectivity index (χ3n) is 4.47. The molecule has 0 heterocycles. The van der Waals surface area contributed by atoms with Crippen molar-refractivity contribution in [2.75, 3.05) is 13.6 Å². The van der Waals surface area contributed by atoms with Crippen LogP contribution in [-0.4, -0.2) is 41.5 Å². The van der Waals surface area contributed by atoms with Crippen molar-refractivity contribution in [2.45, 2.75) is 84.3 Å². The predicted molar refractivity (Wildman–Crippen MR) is 86.7 cm³/mol. The molecule has 0 aliphatic rings. The Morgan fingerprint density at radius 2 is 1.80 bits per heavy atom. The molecule has 0 spiro atoms. The highest BCUT2D eigenvalue weighted by Gasteiger charge is 2.30. The third-order valence-corrected chi connectivity index (χ3v) is 4.47. The maximum absolute atomic E-state index is 11.6. The van der Waals surface area contributed by atoms with E-state index in [4.69, 9.17) is 5.73 Å². The van der Waals surface area contributed by atoms with Crippen LogP contribution in [0.5, 0.6) is 0 Å². The van der Waals surface area contributed by atoms with Crippen molar-refractivity contribution in [1.82, 2.24) is 10.2 Å². The first-order valence-electron chi connectivity index (χ1n) is 7.84. The van der Waals surface area contributed by atoms with Crippen LogP contribution in [0.25, 0.3) is 0 Å². The minimum atomic E-state index is -0.590. The fourth-order valence-corrected chi connectivity index (χ4v) is 2.30. The summed E-state index contributed by atoms with van der Waals surface area (Å²) in [6.45, 7) is 13.8. The number of carbonyl (C=O) groups is 1. The highest BCUT2D eigenvalue weighted by atomic mass is 16.1. The summed E-state index contributed by atoms with van der Waals surface area (Å²) in [5.74, 6) is -0.256. The van der Waals surface area contributed by atoms with Crippen molar-refractivity contribution < 1.29 is 4.79 Å². The van der Waals surface area contributed by atoms with E-state index in [9.17, 15) is 4.79 Å². The summed E-state index contributed by atoms with van der Waals surface area (Å²) in [6, 6.07) is 0.259. The lowest BCUT2D eigenvalue weighted by Gasteiger charge is -2.35. The number of nitrogens with one attached hydrogen (secondary N) is 1. The standard InChI is InChI=1S/C16H35N3O/c1-8-15(4,5)19(7)12-10-9-11-16(6,14(17)20)18-13(2)3/h13,18H,8-12H2,1-7H3,(H2,17,20). The molecule has 1 atom stereocenters. The number of carbonyl (C=O) groups excluding carboxylic acids is 1. The van der Waals surface area contributed by atoms with Gasteiger partial charge in [-0.15, -0.1) is 0 Å². The van der Waals surface area contributed by atoms with E-state index in [0.29, 0.717) is 0 Å². The van der Waals surface area contributed by atoms with Gasteiger partial charge in [0.25, 0.3) is 0 Å². The molecule has 0 aromatic carbocycles. The first-order chi connectivity index (χ1) is 9.05. The number of rotatable bonds is 10. The summed E-state index contributed by atoms with van der Waals surface area (Å²) < 4.78 is 0. The third kappa shape index (κ3) is 6.23. The summed E-state index contributed by atoms with van der Waals surface area (Å²) in [6.07, 6.45) is 4.02. The van der Waals surface area contributed by atoms with Crippen LogP contribution in [-0.2, 0) is 4.79 Å². The number of amides is 1. The molecule has 0 aliphatic carbocycles. The van der Waals surface area contributed by atoms with Crippen molar-refractivity contribution in [1.29, 1.82) is 0 Å². The molecule has 0 saturated heterocycles. The van der Waals surface area contributed by atoms with Gasteiger partial charge in [0.1, 0.15) is 0 Å². The number of primary amides is 1. The van der Waals surface area contributed by atoms with Crippen LogP contribution in [0.2, 0.25) is 0 Å². The lowest BCUT2D eigenvalue weighted by molar-refractivity contribution is -0.124. The molecule has 0 fully saturated rings. The van der Waals surface area contributed by atoms with Gasteiger partial charge in [0.15, 0.2) is 0 Å². The molecule has 0 rings (SSSR count). The summed E-state index contributed by atoms with van der Waals surface area (Å²) in [5.41, 5.74) is 5.19. The molecular formula is C16H35N3O. The molecule has 120 valence electrons. The Morgan fingerprint density at radius 1 is 1.25 bits per heavy atom. The van der Waals surface area contributed by atoms with Crippen molar-refractivity contribution in [3.05, 3.63) is 0 Å². The second kappa shape index (κ2) is 7.99. The van der Waals surface area contributed by atoms with E-state index in [1.54, 1.807) is 0 Å². The van der Waals surface area contributed by atoms with E-state index in [-0.39, 0.29) is 17.5 Å². The Morgan fingerprint density at radius 3 is 2.20 bits per heavy atom. The average Bonchev–Trinajstić information content (AvgIpc) is 2.33. The molecule has 4 heteroatoms. The second-order valence-electron chi connectivity index (χ2n) is 7.04. The SMILES string of the molecule is CCC(C)(C)N(C)CCCCC(C)(NC(C)C)C(N)=O. The van der Waals surface area contributed by atoms with Gasteiger partial charge in [-0.05, 0) is 73.9 Å². The minimum Gasteiger partial charge on any atom is -0.368 e. The Hall–Kier alpha value is -0.610. The van der Waals surface area contributed by atoms with Gasteiger partial charge in [0.05, 0.1) is 5.54 Å². The fourth-order valence-electron chi connectivity index (χ4n) is 2.30. The molecule has 0 saturated carbocycles. The normalized spacial score (nSPS) is 15.7. The summed E-state index contributed by atoms with van der Waals surface area (Å²) in [7, 11) is 2.17. The Labute approximate surface area is 125 Å². The van der Waals surface area contributed by atoms with Crippen LogP contribution in [0.4, 0.5) is 0 Å². The minimum absolute atomic E-state index is 0.239. The Balaban J connectivity index is 4.24. The van der Waals surface area contributed by atoms with Crippen molar-refractivity contribution in [3.63, 3.8) is 0 Å². The first kappa shape index (κ1) is 19.4. The Kier molecular flexibility index (Phi) is 7.74. The maximum Gasteiger partial charge on any atom is 0.237 e. The van der Waals surface area contributed by atoms with Gasteiger partial charge >= 0.3 is 0 Å². The van der Waals surface area contributed by atoms with Crippen LogP contribution in [0.3, 0.4) is 0 Å². The number of nitrogens with two attached hydrogens (primary N) is 1. The topological polar surface area (TPSA) is 58.4 Å². The highest BCUT2D eigenvalue weighted by Crippen LogP contribution is 2.19. The van der Waals surface area contributed by atoms with Crippen LogP contribution < -0.4 is 11.1 Å². The lowest BCUT2D eigenvalue weighted by atomic mass is 9.92. The first-order valence-corrected chi connectivity index (χ1v) is 7.84. The van der Waals surface area contributed by atoms with Gasteiger partial charge < -0.3 is 16.0 Å². The molecule has 0 radical (unpaired) electrons. The summed E-state index contributed by atoms with van der Waals surface area (Å²) in [5, 5.41) is 3.30. The van der Waals surface area contributed by atoms with Gasteiger partial charge in [-0.1, -0.05) is 6.92 Å². The molecular weight excluding hydrogens is 250 g/mol. The molecule has 0 aliphatic heterocycles. The predicted octanol–water partition coefficient (Wildman–Crippen LogP) is 2.52. The number of hydrogen-bond acceptors (Lipinski definition) is 3. The van der Waals surface area contributed by atoms with E-state index in [1.165, 1.54) is 0 Å². The van der Waals surface area contributed by atoms with Crippen LogP contribution in [0.1, 0.15) is 67.2 Å². The van der Waals surface area contributed by atoms with E-state index in [2.05, 4.69) is 38.0 Å². The second-order valence-corrected chi connectivity index (χ2v) is 7.04. The van der Waals surface area contributed by atoms with E-state index < -0.39 is 5.54 Å². The highest BCUT2D eigenvalue weighted by molar-refractivity contribution is 5.84. The molecule has 0 aromatic rings. The quantitative estimate of drug-likeness (QED) is 0.606. The van der Waals surface area contributed by atoms with Gasteiger partial charge in [-0.2, -0.15) is 0 Å². The fraction of sp³-hybridized carbons (Fsp3) is 0.938. The van der Waals surface area contributed by atoms with E-state index in [1.807, 2.05) is 20.8 Å². The zero-order valence-corrected chi connectivity index (χ0v) is 14.5. The van der Waals surface area contributed by atoms with Gasteiger partial charge in [-0.25, -0.2) is 0 Å². The summed E-state index contributed by atoms with van der Waals surface area (Å²) >= 11 is 0. The number of unbranched alkanes of at least 4 members (excludes halogenated alkanes) is 1. The molecule has 1 unspecified atom stereocenters.